The van der Waals surface area contributed by atoms with E-state index >= 15 is 0 Å². The smallest absolute Gasteiger partial charge is 0.232 e. The van der Waals surface area contributed by atoms with Crippen molar-refractivity contribution in [1.29, 1.82) is 0 Å². The molecular weight excluding hydrogens is 484 g/mol. The zero-order chi connectivity index (χ0) is 30.8. The van der Waals surface area contributed by atoms with Crippen molar-refractivity contribution in [2.75, 3.05) is 0 Å². The van der Waals surface area contributed by atoms with Crippen LogP contribution >= 0.6 is 0 Å². The lowest BCUT2D eigenvalue weighted by Crippen LogP contribution is -2.23. The molecule has 39 heavy (non-hydrogen) atoms. The van der Waals surface area contributed by atoms with Gasteiger partial charge in [-0.1, -0.05) is 88.2 Å². The molecule has 222 valence electrons. The second-order valence-electron chi connectivity index (χ2n) is 16.6. The van der Waals surface area contributed by atoms with Crippen LogP contribution in [0.3, 0.4) is 0 Å². The first-order valence-electron chi connectivity index (χ1n) is 14.1. The molecule has 0 N–H and O–H groups in total. The SMILES string of the molecule is CC(C)(C)c1ccn(C(C)(C)C)n1.CC(C)(C)c1cnn(C(C)(C)C)c1.CC(C)(C)c1noc(C(C)(C)C)n1. The number of hydrogen-bond acceptors (Lipinski definition) is 5. The van der Waals surface area contributed by atoms with Gasteiger partial charge in [0.2, 0.25) is 5.89 Å². The van der Waals surface area contributed by atoms with Crippen LogP contribution in [0.15, 0.2) is 29.2 Å². The minimum Gasteiger partial charge on any atom is -0.339 e. The summed E-state index contributed by atoms with van der Waals surface area (Å²) in [6.07, 6.45) is 6.16. The topological polar surface area (TPSA) is 74.6 Å². The molecule has 3 rings (SSSR count). The Morgan fingerprint density at radius 1 is 0.615 bits per heavy atom. The molecule has 0 atom stereocenters. The van der Waals surface area contributed by atoms with E-state index in [1.54, 1.807) is 0 Å². The van der Waals surface area contributed by atoms with Gasteiger partial charge in [-0.05, 0) is 58.6 Å². The van der Waals surface area contributed by atoms with Gasteiger partial charge in [0.1, 0.15) is 0 Å². The van der Waals surface area contributed by atoms with Crippen molar-refractivity contribution >= 4 is 0 Å². The quantitative estimate of drug-likeness (QED) is 0.284. The van der Waals surface area contributed by atoms with Crippen LogP contribution in [0, 0.1) is 0 Å². The van der Waals surface area contributed by atoms with Gasteiger partial charge in [0.05, 0.1) is 23.0 Å². The van der Waals surface area contributed by atoms with Gasteiger partial charge in [0.25, 0.3) is 0 Å². The summed E-state index contributed by atoms with van der Waals surface area (Å²) in [5, 5.41) is 12.9. The van der Waals surface area contributed by atoms with Gasteiger partial charge in [0.15, 0.2) is 5.82 Å². The van der Waals surface area contributed by atoms with Gasteiger partial charge >= 0.3 is 0 Å². The van der Waals surface area contributed by atoms with Gasteiger partial charge in [-0.25, -0.2) is 0 Å². The van der Waals surface area contributed by atoms with Crippen LogP contribution in [0.4, 0.5) is 0 Å². The number of nitrogens with zero attached hydrogens (tertiary/aromatic N) is 6. The lowest BCUT2D eigenvalue weighted by molar-refractivity contribution is 0.314. The fraction of sp³-hybridized carbons (Fsp3) is 0.750. The van der Waals surface area contributed by atoms with E-state index in [0.29, 0.717) is 5.89 Å². The van der Waals surface area contributed by atoms with Gasteiger partial charge in [-0.2, -0.15) is 15.2 Å². The van der Waals surface area contributed by atoms with Crippen LogP contribution in [-0.2, 0) is 32.7 Å². The molecule has 7 heteroatoms. The van der Waals surface area contributed by atoms with Gasteiger partial charge in [0, 0.05) is 28.6 Å². The third kappa shape index (κ3) is 10.9. The van der Waals surface area contributed by atoms with E-state index in [1.807, 2.05) is 15.6 Å². The lowest BCUT2D eigenvalue weighted by Gasteiger charge is -2.20. The van der Waals surface area contributed by atoms with Crippen LogP contribution in [0.1, 0.15) is 148 Å². The highest BCUT2D eigenvalue weighted by atomic mass is 16.5. The van der Waals surface area contributed by atoms with Crippen LogP contribution in [0.5, 0.6) is 0 Å². The lowest BCUT2D eigenvalue weighted by atomic mass is 9.90. The van der Waals surface area contributed by atoms with E-state index in [2.05, 4.69) is 163 Å². The molecule has 0 radical (unpaired) electrons. The van der Waals surface area contributed by atoms with Crippen LogP contribution in [-0.4, -0.2) is 29.7 Å². The second kappa shape index (κ2) is 11.6. The molecule has 0 bridgehead atoms. The molecule has 0 amide bonds. The Bertz CT molecular complexity index is 920. The van der Waals surface area contributed by atoms with Crippen molar-refractivity contribution in [2.24, 2.45) is 0 Å². The van der Waals surface area contributed by atoms with Gasteiger partial charge in [-0.15, -0.1) is 0 Å². The first kappa shape index (κ1) is 34.6. The molecule has 0 spiro atoms. The average Bonchev–Trinajstić information content (AvgIpc) is 3.45. The fourth-order valence-corrected chi connectivity index (χ4v) is 3.01. The molecule has 7 nitrogen and oxygen atoms in total. The van der Waals surface area contributed by atoms with Gasteiger partial charge < -0.3 is 4.52 Å². The summed E-state index contributed by atoms with van der Waals surface area (Å²) in [5.41, 5.74) is 2.88. The number of rotatable bonds is 0. The van der Waals surface area contributed by atoms with Crippen molar-refractivity contribution in [1.82, 2.24) is 29.7 Å². The standard InChI is InChI=1S/2C11H20N2.C10H18N2O/c1-10(2,3)9-7-12-13(8-9)11(4,5)6;1-10(2,3)9-7-8-13(12-9)11(4,5)6;1-9(2,3)7-11-8(13-12-7)10(4,5)6/h2*7-8H,1-6H3;1-6H3. The Hall–Kier alpha value is -2.44. The summed E-state index contributed by atoms with van der Waals surface area (Å²) in [4.78, 5) is 4.38. The van der Waals surface area contributed by atoms with E-state index < -0.39 is 0 Å². The average molecular weight is 543 g/mol. The van der Waals surface area contributed by atoms with E-state index in [9.17, 15) is 0 Å². The molecule has 0 aromatic carbocycles. The maximum absolute atomic E-state index is 5.19. The highest BCUT2D eigenvalue weighted by Crippen LogP contribution is 2.25. The Labute approximate surface area is 239 Å². The minimum absolute atomic E-state index is 0.0347. The molecule has 0 saturated carbocycles. The van der Waals surface area contributed by atoms with Gasteiger partial charge in [-0.3, -0.25) is 9.36 Å². The van der Waals surface area contributed by atoms with Crippen molar-refractivity contribution in [3.8, 4) is 0 Å². The summed E-state index contributed by atoms with van der Waals surface area (Å²) < 4.78 is 9.24. The highest BCUT2D eigenvalue weighted by molar-refractivity contribution is 5.16. The molecule has 0 aliphatic heterocycles. The molecule has 0 saturated heterocycles. The van der Waals surface area contributed by atoms with Crippen LogP contribution in [0.2, 0.25) is 0 Å². The third-order valence-electron chi connectivity index (χ3n) is 5.92. The van der Waals surface area contributed by atoms with E-state index in [0.717, 1.165) is 11.5 Å². The maximum Gasteiger partial charge on any atom is 0.232 e. The van der Waals surface area contributed by atoms with E-state index in [1.165, 1.54) is 5.56 Å². The largest absolute Gasteiger partial charge is 0.339 e. The Kier molecular flexibility index (Phi) is 10.3. The molecule has 0 unspecified atom stereocenters. The summed E-state index contributed by atoms with van der Waals surface area (Å²) in [6.45, 7) is 38.5. The summed E-state index contributed by atoms with van der Waals surface area (Å²) >= 11 is 0. The molecule has 3 heterocycles. The molecule has 0 aliphatic rings. The van der Waals surface area contributed by atoms with Crippen LogP contribution in [0.25, 0.3) is 0 Å². The Balaban J connectivity index is 0.000000292. The van der Waals surface area contributed by atoms with Crippen molar-refractivity contribution in [2.45, 2.75) is 157 Å². The summed E-state index contributed by atoms with van der Waals surface area (Å²) in [7, 11) is 0. The molecule has 3 aromatic rings. The highest BCUT2D eigenvalue weighted by Gasteiger charge is 2.26. The normalized spacial score (nSPS) is 13.4. The Morgan fingerprint density at radius 3 is 1.36 bits per heavy atom. The first-order valence-corrected chi connectivity index (χ1v) is 14.1. The zero-order valence-corrected chi connectivity index (χ0v) is 28.4. The van der Waals surface area contributed by atoms with E-state index in [4.69, 9.17) is 4.52 Å². The monoisotopic (exact) mass is 542 g/mol. The maximum atomic E-state index is 5.19. The van der Waals surface area contributed by atoms with Crippen LogP contribution < -0.4 is 0 Å². The van der Waals surface area contributed by atoms with Crippen molar-refractivity contribution in [3.05, 3.63) is 47.6 Å². The molecule has 0 fully saturated rings. The third-order valence-corrected chi connectivity index (χ3v) is 5.92. The van der Waals surface area contributed by atoms with Crippen molar-refractivity contribution in [3.63, 3.8) is 0 Å². The second-order valence-corrected chi connectivity index (χ2v) is 16.6. The predicted octanol–water partition coefficient (Wildman–Crippen LogP) is 8.54. The fourth-order valence-electron chi connectivity index (χ4n) is 3.01. The van der Waals surface area contributed by atoms with E-state index in [-0.39, 0.29) is 32.7 Å². The number of hydrogen-bond donors (Lipinski definition) is 0. The molecule has 3 aromatic heterocycles. The van der Waals surface area contributed by atoms with Crippen molar-refractivity contribution < 1.29 is 4.52 Å². The summed E-state index contributed by atoms with van der Waals surface area (Å²) in [5.74, 6) is 1.48. The molecular formula is C32H58N6O. The predicted molar refractivity (Wildman–Crippen MR) is 164 cm³/mol. The first-order chi connectivity index (χ1) is 17.1. The minimum atomic E-state index is -0.0590. The Morgan fingerprint density at radius 2 is 1.13 bits per heavy atom. The summed E-state index contributed by atoms with van der Waals surface area (Å²) in [6, 6.07) is 2.10. The zero-order valence-electron chi connectivity index (χ0n) is 28.4. The number of aromatic nitrogens is 6. The molecule has 0 aliphatic carbocycles.